The predicted octanol–water partition coefficient (Wildman–Crippen LogP) is 2.77. The van der Waals surface area contributed by atoms with Gasteiger partial charge in [-0.05, 0) is 18.2 Å². The fourth-order valence-electron chi connectivity index (χ4n) is 1.71. The molecule has 1 N–H and O–H groups in total. The fraction of sp³-hybridized carbons (Fsp3) is 0.0909. The molecular formula is C11H8ClN3O. The third-order valence-electron chi connectivity index (χ3n) is 2.53. The van der Waals surface area contributed by atoms with E-state index in [4.69, 9.17) is 16.3 Å². The zero-order valence-corrected chi connectivity index (χ0v) is 9.25. The van der Waals surface area contributed by atoms with Crippen molar-refractivity contribution < 1.29 is 4.74 Å². The molecule has 0 spiro atoms. The number of ether oxygens (including phenoxy) is 1. The normalized spacial score (nSPS) is 11.1. The van der Waals surface area contributed by atoms with E-state index in [0.29, 0.717) is 10.7 Å². The number of fused-ring (bicyclic) bond motifs is 2. The van der Waals surface area contributed by atoms with Gasteiger partial charge < -0.3 is 4.74 Å². The fourth-order valence-corrected chi connectivity index (χ4v) is 2.00. The van der Waals surface area contributed by atoms with Crippen molar-refractivity contribution in [1.29, 1.82) is 0 Å². The van der Waals surface area contributed by atoms with Gasteiger partial charge in [0.05, 0.1) is 29.2 Å². The molecule has 0 amide bonds. The Kier molecular flexibility index (Phi) is 1.97. The van der Waals surface area contributed by atoms with Gasteiger partial charge in [0.1, 0.15) is 5.75 Å². The average Bonchev–Trinajstić information content (AvgIpc) is 2.77. The first-order valence-corrected chi connectivity index (χ1v) is 5.14. The minimum Gasteiger partial charge on any atom is -0.497 e. The molecule has 5 heteroatoms. The molecular weight excluding hydrogens is 226 g/mol. The van der Waals surface area contributed by atoms with Crippen LogP contribution < -0.4 is 4.74 Å². The Labute approximate surface area is 96.2 Å². The summed E-state index contributed by atoms with van der Waals surface area (Å²) in [5, 5.41) is 9.07. The third kappa shape index (κ3) is 1.23. The Morgan fingerprint density at radius 1 is 1.31 bits per heavy atom. The molecule has 1 aromatic carbocycles. The highest BCUT2D eigenvalue weighted by Gasteiger charge is 2.09. The van der Waals surface area contributed by atoms with Crippen LogP contribution in [0.25, 0.3) is 21.9 Å². The summed E-state index contributed by atoms with van der Waals surface area (Å²) < 4.78 is 5.16. The number of H-pyrrole nitrogens is 1. The van der Waals surface area contributed by atoms with E-state index < -0.39 is 0 Å². The lowest BCUT2D eigenvalue weighted by Crippen LogP contribution is -1.86. The molecule has 2 heterocycles. The zero-order chi connectivity index (χ0) is 11.1. The maximum absolute atomic E-state index is 6.29. The van der Waals surface area contributed by atoms with Crippen LogP contribution >= 0.6 is 11.6 Å². The van der Waals surface area contributed by atoms with Crippen LogP contribution in [0, 0.1) is 0 Å². The van der Waals surface area contributed by atoms with E-state index in [1.165, 1.54) is 0 Å². The van der Waals surface area contributed by atoms with Crippen LogP contribution in [0.4, 0.5) is 0 Å². The first kappa shape index (κ1) is 9.42. The molecule has 2 aromatic heterocycles. The highest BCUT2D eigenvalue weighted by Crippen LogP contribution is 2.31. The number of benzene rings is 1. The summed E-state index contributed by atoms with van der Waals surface area (Å²) in [5.41, 5.74) is 1.52. The van der Waals surface area contributed by atoms with Gasteiger partial charge in [0.15, 0.2) is 5.65 Å². The van der Waals surface area contributed by atoms with Crippen molar-refractivity contribution in [1.82, 2.24) is 15.2 Å². The summed E-state index contributed by atoms with van der Waals surface area (Å²) in [6.45, 7) is 0. The van der Waals surface area contributed by atoms with Gasteiger partial charge in [0, 0.05) is 5.39 Å². The number of nitrogens with one attached hydrogen (secondary N) is 1. The Balaban J connectivity index is 2.47. The van der Waals surface area contributed by atoms with Crippen molar-refractivity contribution in [3.8, 4) is 5.75 Å². The predicted molar refractivity (Wildman–Crippen MR) is 63.0 cm³/mol. The lowest BCUT2D eigenvalue weighted by molar-refractivity contribution is 0.415. The number of rotatable bonds is 1. The highest BCUT2D eigenvalue weighted by atomic mass is 35.5. The Bertz CT molecular complexity index is 677. The van der Waals surface area contributed by atoms with Crippen LogP contribution in [-0.4, -0.2) is 22.3 Å². The van der Waals surface area contributed by atoms with Crippen molar-refractivity contribution in [3.63, 3.8) is 0 Å². The molecule has 0 saturated carbocycles. The quantitative estimate of drug-likeness (QED) is 0.703. The molecule has 0 aliphatic carbocycles. The van der Waals surface area contributed by atoms with Crippen LogP contribution in [-0.2, 0) is 0 Å². The number of halogens is 1. The molecule has 3 rings (SSSR count). The Hall–Kier alpha value is -1.81. The van der Waals surface area contributed by atoms with Crippen molar-refractivity contribution in [3.05, 3.63) is 29.4 Å². The molecule has 0 radical (unpaired) electrons. The van der Waals surface area contributed by atoms with Crippen molar-refractivity contribution in [2.24, 2.45) is 0 Å². The number of aromatic amines is 1. The summed E-state index contributed by atoms with van der Waals surface area (Å²) in [4.78, 5) is 4.42. The highest BCUT2D eigenvalue weighted by molar-refractivity contribution is 6.40. The number of hydrogen-bond donors (Lipinski definition) is 1. The number of aromatic nitrogens is 3. The topological polar surface area (TPSA) is 50.8 Å². The minimum atomic E-state index is 0.646. The Morgan fingerprint density at radius 2 is 2.19 bits per heavy atom. The van der Waals surface area contributed by atoms with Crippen LogP contribution in [0.3, 0.4) is 0 Å². The molecule has 0 bridgehead atoms. The van der Waals surface area contributed by atoms with Gasteiger partial charge in [-0.2, -0.15) is 5.10 Å². The molecule has 3 aromatic rings. The van der Waals surface area contributed by atoms with E-state index in [1.807, 2.05) is 18.2 Å². The smallest absolute Gasteiger partial charge is 0.157 e. The van der Waals surface area contributed by atoms with E-state index in [1.54, 1.807) is 13.3 Å². The molecule has 80 valence electrons. The maximum Gasteiger partial charge on any atom is 0.157 e. The number of hydrogen-bond acceptors (Lipinski definition) is 3. The van der Waals surface area contributed by atoms with Gasteiger partial charge in [-0.25, -0.2) is 4.98 Å². The molecule has 0 atom stereocenters. The summed E-state index contributed by atoms with van der Waals surface area (Å²) in [6.07, 6.45) is 1.67. The molecule has 0 fully saturated rings. The van der Waals surface area contributed by atoms with Crippen LogP contribution in [0.5, 0.6) is 5.75 Å². The monoisotopic (exact) mass is 233 g/mol. The van der Waals surface area contributed by atoms with E-state index in [0.717, 1.165) is 22.0 Å². The number of nitrogens with zero attached hydrogens (tertiary/aromatic N) is 2. The summed E-state index contributed by atoms with van der Waals surface area (Å²) >= 11 is 6.29. The van der Waals surface area contributed by atoms with Gasteiger partial charge in [0.25, 0.3) is 0 Å². The maximum atomic E-state index is 6.29. The second kappa shape index (κ2) is 3.35. The standard InChI is InChI=1S/C11H8ClN3O/c1-16-6-2-3-9-7(4-6)10(12)8-5-13-15-11(8)14-9/h2-5H,1H3,(H,13,14,15). The van der Waals surface area contributed by atoms with Crippen LogP contribution in [0.2, 0.25) is 5.02 Å². The van der Waals surface area contributed by atoms with Crippen molar-refractivity contribution >= 4 is 33.5 Å². The summed E-state index contributed by atoms with van der Waals surface area (Å²) in [5.74, 6) is 0.763. The van der Waals surface area contributed by atoms with Gasteiger partial charge in [-0.15, -0.1) is 0 Å². The van der Waals surface area contributed by atoms with E-state index in [9.17, 15) is 0 Å². The number of methoxy groups -OCH3 is 1. The largest absolute Gasteiger partial charge is 0.497 e. The lowest BCUT2D eigenvalue weighted by atomic mass is 10.2. The third-order valence-corrected chi connectivity index (χ3v) is 2.94. The first-order valence-electron chi connectivity index (χ1n) is 4.76. The van der Waals surface area contributed by atoms with Crippen LogP contribution in [0.15, 0.2) is 24.4 Å². The van der Waals surface area contributed by atoms with Gasteiger partial charge in [0.2, 0.25) is 0 Å². The van der Waals surface area contributed by atoms with Gasteiger partial charge in [-0.1, -0.05) is 11.6 Å². The number of pyridine rings is 1. The molecule has 0 aliphatic heterocycles. The van der Waals surface area contributed by atoms with Crippen molar-refractivity contribution in [2.45, 2.75) is 0 Å². The first-order chi connectivity index (χ1) is 7.79. The summed E-state index contributed by atoms with van der Waals surface area (Å²) in [6, 6.07) is 5.60. The van der Waals surface area contributed by atoms with Crippen LogP contribution in [0.1, 0.15) is 0 Å². The van der Waals surface area contributed by atoms with Gasteiger partial charge >= 0.3 is 0 Å². The molecule has 4 nitrogen and oxygen atoms in total. The average molecular weight is 234 g/mol. The zero-order valence-electron chi connectivity index (χ0n) is 8.49. The second-order valence-corrected chi connectivity index (χ2v) is 3.82. The molecule has 16 heavy (non-hydrogen) atoms. The van der Waals surface area contributed by atoms with E-state index in [2.05, 4.69) is 15.2 Å². The van der Waals surface area contributed by atoms with E-state index in [-0.39, 0.29) is 0 Å². The SMILES string of the molecule is COc1ccc2nc3[nH]ncc3c(Cl)c2c1. The lowest BCUT2D eigenvalue weighted by Gasteiger charge is -2.04. The Morgan fingerprint density at radius 3 is 3.00 bits per heavy atom. The van der Waals surface area contributed by atoms with Gasteiger partial charge in [-0.3, -0.25) is 5.10 Å². The molecule has 0 unspecified atom stereocenters. The van der Waals surface area contributed by atoms with E-state index >= 15 is 0 Å². The summed E-state index contributed by atoms with van der Waals surface area (Å²) in [7, 11) is 1.62. The van der Waals surface area contributed by atoms with Crippen molar-refractivity contribution in [2.75, 3.05) is 7.11 Å². The second-order valence-electron chi connectivity index (χ2n) is 3.44. The molecule has 0 saturated heterocycles. The minimum absolute atomic E-state index is 0.646. The molecule has 0 aliphatic rings.